The van der Waals surface area contributed by atoms with Crippen LogP contribution in [-0.2, 0) is 11.3 Å². The molecule has 0 spiro atoms. The standard InChI is InChI=1S/C13H10BrCl2FN2O/c1-2-20-6-11-18-9(5-10(15)19-11)7-3-4-8(14)12(16)13(7)17/h3-5H,2,6H2,1H3. The van der Waals surface area contributed by atoms with Gasteiger partial charge in [0.2, 0.25) is 0 Å². The van der Waals surface area contributed by atoms with Crippen molar-refractivity contribution in [1.82, 2.24) is 9.97 Å². The van der Waals surface area contributed by atoms with E-state index in [0.29, 0.717) is 22.6 Å². The molecular formula is C13H10BrCl2FN2O. The van der Waals surface area contributed by atoms with Gasteiger partial charge in [-0.25, -0.2) is 14.4 Å². The number of rotatable bonds is 4. The monoisotopic (exact) mass is 378 g/mol. The molecule has 7 heteroatoms. The van der Waals surface area contributed by atoms with Crippen molar-refractivity contribution in [2.75, 3.05) is 6.61 Å². The van der Waals surface area contributed by atoms with Crippen LogP contribution in [0.25, 0.3) is 11.3 Å². The Kier molecular flexibility index (Phi) is 5.32. The van der Waals surface area contributed by atoms with Gasteiger partial charge < -0.3 is 4.74 Å². The van der Waals surface area contributed by atoms with Crippen LogP contribution < -0.4 is 0 Å². The van der Waals surface area contributed by atoms with Crippen LogP contribution in [0, 0.1) is 5.82 Å². The molecule has 106 valence electrons. The summed E-state index contributed by atoms with van der Waals surface area (Å²) in [7, 11) is 0. The molecule has 0 N–H and O–H groups in total. The fraction of sp³-hybridized carbons (Fsp3) is 0.231. The molecule has 2 aromatic rings. The Morgan fingerprint density at radius 1 is 1.30 bits per heavy atom. The minimum absolute atomic E-state index is 0.00333. The van der Waals surface area contributed by atoms with Crippen molar-refractivity contribution < 1.29 is 9.13 Å². The van der Waals surface area contributed by atoms with Gasteiger partial charge in [0.25, 0.3) is 0 Å². The molecule has 1 aromatic heterocycles. The van der Waals surface area contributed by atoms with Crippen molar-refractivity contribution in [3.8, 4) is 11.3 Å². The highest BCUT2D eigenvalue weighted by atomic mass is 79.9. The molecule has 2 rings (SSSR count). The second-order valence-electron chi connectivity index (χ2n) is 3.85. The van der Waals surface area contributed by atoms with E-state index < -0.39 is 5.82 Å². The molecule has 20 heavy (non-hydrogen) atoms. The third-order valence-electron chi connectivity index (χ3n) is 2.49. The van der Waals surface area contributed by atoms with Gasteiger partial charge >= 0.3 is 0 Å². The first-order valence-electron chi connectivity index (χ1n) is 5.78. The topological polar surface area (TPSA) is 35.0 Å². The van der Waals surface area contributed by atoms with E-state index in [9.17, 15) is 4.39 Å². The molecule has 0 fully saturated rings. The molecule has 0 aliphatic carbocycles. The molecule has 0 amide bonds. The van der Waals surface area contributed by atoms with Gasteiger partial charge in [-0.15, -0.1) is 0 Å². The Bertz CT molecular complexity index is 640. The highest BCUT2D eigenvalue weighted by Crippen LogP contribution is 2.32. The number of hydrogen-bond donors (Lipinski definition) is 0. The van der Waals surface area contributed by atoms with E-state index in [4.69, 9.17) is 27.9 Å². The van der Waals surface area contributed by atoms with E-state index in [1.807, 2.05) is 6.92 Å². The van der Waals surface area contributed by atoms with E-state index in [-0.39, 0.29) is 22.3 Å². The molecule has 0 saturated heterocycles. The van der Waals surface area contributed by atoms with Crippen molar-refractivity contribution >= 4 is 39.1 Å². The first-order valence-corrected chi connectivity index (χ1v) is 7.33. The largest absolute Gasteiger partial charge is 0.374 e. The van der Waals surface area contributed by atoms with Crippen LogP contribution in [0.2, 0.25) is 10.2 Å². The predicted octanol–water partition coefficient (Wildman–Crippen LogP) is 4.89. The normalized spacial score (nSPS) is 10.8. The highest BCUT2D eigenvalue weighted by molar-refractivity contribution is 9.10. The summed E-state index contributed by atoms with van der Waals surface area (Å²) in [4.78, 5) is 8.27. The summed E-state index contributed by atoms with van der Waals surface area (Å²) in [6.07, 6.45) is 0. The molecule has 0 atom stereocenters. The molecule has 0 radical (unpaired) electrons. The summed E-state index contributed by atoms with van der Waals surface area (Å²) in [6.45, 7) is 2.61. The number of aromatic nitrogens is 2. The minimum atomic E-state index is -0.557. The first-order chi connectivity index (χ1) is 9.52. The zero-order valence-electron chi connectivity index (χ0n) is 10.5. The fourth-order valence-electron chi connectivity index (χ4n) is 1.58. The van der Waals surface area contributed by atoms with E-state index in [1.165, 1.54) is 6.07 Å². The van der Waals surface area contributed by atoms with Crippen LogP contribution in [0.15, 0.2) is 22.7 Å². The van der Waals surface area contributed by atoms with Gasteiger partial charge in [-0.1, -0.05) is 23.2 Å². The van der Waals surface area contributed by atoms with Gasteiger partial charge in [0.15, 0.2) is 11.6 Å². The van der Waals surface area contributed by atoms with Crippen LogP contribution in [0.4, 0.5) is 4.39 Å². The average Bonchev–Trinajstić information content (AvgIpc) is 2.42. The Balaban J connectivity index is 2.47. The fourth-order valence-corrected chi connectivity index (χ4v) is 2.26. The quantitative estimate of drug-likeness (QED) is 0.560. The van der Waals surface area contributed by atoms with Crippen molar-refractivity contribution in [3.05, 3.63) is 44.5 Å². The molecule has 1 heterocycles. The second kappa shape index (κ2) is 6.80. The minimum Gasteiger partial charge on any atom is -0.374 e. The van der Waals surface area contributed by atoms with Crippen LogP contribution in [-0.4, -0.2) is 16.6 Å². The predicted molar refractivity (Wildman–Crippen MR) is 80.5 cm³/mol. The van der Waals surface area contributed by atoms with Gasteiger partial charge in [-0.2, -0.15) is 0 Å². The molecule has 0 saturated carbocycles. The van der Waals surface area contributed by atoms with E-state index in [0.717, 1.165) is 0 Å². The van der Waals surface area contributed by atoms with Gasteiger partial charge in [-0.3, -0.25) is 0 Å². The van der Waals surface area contributed by atoms with Crippen LogP contribution in [0.1, 0.15) is 12.7 Å². The molecule has 1 aromatic carbocycles. The molecule has 0 aliphatic rings. The van der Waals surface area contributed by atoms with Gasteiger partial charge in [-0.05, 0) is 35.0 Å². The number of nitrogens with zero attached hydrogens (tertiary/aromatic N) is 2. The lowest BCUT2D eigenvalue weighted by molar-refractivity contribution is 0.128. The molecule has 0 bridgehead atoms. The molecular weight excluding hydrogens is 370 g/mol. The lowest BCUT2D eigenvalue weighted by Gasteiger charge is -2.08. The number of hydrogen-bond acceptors (Lipinski definition) is 3. The summed E-state index contributed by atoms with van der Waals surface area (Å²) in [6, 6.07) is 4.72. The molecule has 0 unspecified atom stereocenters. The summed E-state index contributed by atoms with van der Waals surface area (Å²) < 4.78 is 19.9. The summed E-state index contributed by atoms with van der Waals surface area (Å²) in [5.74, 6) is -0.161. The van der Waals surface area contributed by atoms with Crippen molar-refractivity contribution in [2.24, 2.45) is 0 Å². The number of ether oxygens (including phenoxy) is 1. The van der Waals surface area contributed by atoms with Gasteiger partial charge in [0.05, 0.1) is 10.7 Å². The van der Waals surface area contributed by atoms with E-state index in [2.05, 4.69) is 25.9 Å². The summed E-state index contributed by atoms with van der Waals surface area (Å²) in [5, 5.41) is 0.228. The second-order valence-corrected chi connectivity index (χ2v) is 5.47. The number of halogens is 4. The Hall–Kier alpha value is -0.750. The Morgan fingerprint density at radius 2 is 2.05 bits per heavy atom. The van der Waals surface area contributed by atoms with Crippen molar-refractivity contribution in [1.29, 1.82) is 0 Å². The van der Waals surface area contributed by atoms with Crippen LogP contribution in [0.3, 0.4) is 0 Å². The lowest BCUT2D eigenvalue weighted by atomic mass is 10.1. The number of benzene rings is 1. The third kappa shape index (κ3) is 3.47. The zero-order valence-corrected chi connectivity index (χ0v) is 13.6. The summed E-state index contributed by atoms with van der Waals surface area (Å²) >= 11 is 15.0. The maximum atomic E-state index is 14.2. The van der Waals surface area contributed by atoms with Gasteiger partial charge in [0.1, 0.15) is 11.8 Å². The van der Waals surface area contributed by atoms with Crippen molar-refractivity contribution in [3.63, 3.8) is 0 Å². The zero-order chi connectivity index (χ0) is 14.7. The third-order valence-corrected chi connectivity index (χ3v) is 3.94. The Labute approximate surface area is 134 Å². The highest BCUT2D eigenvalue weighted by Gasteiger charge is 2.14. The lowest BCUT2D eigenvalue weighted by Crippen LogP contribution is -2.01. The van der Waals surface area contributed by atoms with Crippen LogP contribution >= 0.6 is 39.1 Å². The van der Waals surface area contributed by atoms with Crippen LogP contribution in [0.5, 0.6) is 0 Å². The average molecular weight is 380 g/mol. The molecule has 3 nitrogen and oxygen atoms in total. The summed E-state index contributed by atoms with van der Waals surface area (Å²) in [5.41, 5.74) is 0.631. The first kappa shape index (κ1) is 15.6. The van der Waals surface area contributed by atoms with Crippen molar-refractivity contribution in [2.45, 2.75) is 13.5 Å². The molecule has 0 aliphatic heterocycles. The maximum Gasteiger partial charge on any atom is 0.156 e. The maximum absolute atomic E-state index is 14.2. The Morgan fingerprint density at radius 3 is 2.75 bits per heavy atom. The van der Waals surface area contributed by atoms with Gasteiger partial charge in [0, 0.05) is 22.7 Å². The smallest absolute Gasteiger partial charge is 0.156 e. The SMILES string of the molecule is CCOCc1nc(Cl)cc(-c2ccc(Br)c(Cl)c2F)n1. The van der Waals surface area contributed by atoms with E-state index in [1.54, 1.807) is 12.1 Å². The van der Waals surface area contributed by atoms with E-state index >= 15 is 0 Å².